The first-order valence-electron chi connectivity index (χ1n) is 12.4. The van der Waals surface area contributed by atoms with E-state index in [1.54, 1.807) is 7.11 Å². The summed E-state index contributed by atoms with van der Waals surface area (Å²) in [5.74, 6) is 1.49. The molecule has 38 heavy (non-hydrogen) atoms. The Hall–Kier alpha value is -3.46. The average Bonchev–Trinajstić information content (AvgIpc) is 3.40. The Bertz CT molecular complexity index is 1460. The summed E-state index contributed by atoms with van der Waals surface area (Å²) in [5.41, 5.74) is 6.25. The van der Waals surface area contributed by atoms with Crippen LogP contribution in [-0.2, 0) is 4.74 Å². The van der Waals surface area contributed by atoms with Crippen molar-refractivity contribution in [2.45, 2.75) is 32.9 Å². The van der Waals surface area contributed by atoms with Crippen LogP contribution in [-0.4, -0.2) is 40.0 Å². The van der Waals surface area contributed by atoms with E-state index in [0.29, 0.717) is 29.1 Å². The highest BCUT2D eigenvalue weighted by molar-refractivity contribution is 7.80. The molecule has 1 aliphatic heterocycles. The monoisotopic (exact) mass is 547 g/mol. The molecular formula is C29H30ClN5O2S. The molecule has 1 N–H and O–H groups in total. The van der Waals surface area contributed by atoms with Gasteiger partial charge >= 0.3 is 0 Å². The first-order valence-corrected chi connectivity index (χ1v) is 13.2. The molecule has 7 nitrogen and oxygen atoms in total. The molecule has 2 atom stereocenters. The molecule has 1 fully saturated rings. The van der Waals surface area contributed by atoms with Crippen molar-refractivity contribution in [2.24, 2.45) is 0 Å². The van der Waals surface area contributed by atoms with E-state index >= 15 is 0 Å². The Balaban J connectivity index is 1.61. The number of pyridine rings is 2. The normalized spacial score (nSPS) is 17.1. The van der Waals surface area contributed by atoms with Gasteiger partial charge in [0.2, 0.25) is 0 Å². The summed E-state index contributed by atoms with van der Waals surface area (Å²) in [6, 6.07) is 17.7. The molecule has 196 valence electrons. The number of halogens is 1. The third-order valence-electron chi connectivity index (χ3n) is 6.76. The van der Waals surface area contributed by atoms with Gasteiger partial charge in [0.05, 0.1) is 29.4 Å². The summed E-state index contributed by atoms with van der Waals surface area (Å²) in [7, 11) is 1.64. The Morgan fingerprint density at radius 3 is 2.55 bits per heavy atom. The Kier molecular flexibility index (Phi) is 7.65. The lowest BCUT2D eigenvalue weighted by Crippen LogP contribution is -2.29. The molecule has 3 aromatic heterocycles. The van der Waals surface area contributed by atoms with Crippen molar-refractivity contribution < 1.29 is 9.47 Å². The first kappa shape index (κ1) is 26.2. The number of anilines is 1. The minimum absolute atomic E-state index is 0.167. The van der Waals surface area contributed by atoms with Crippen LogP contribution in [0.3, 0.4) is 0 Å². The van der Waals surface area contributed by atoms with Crippen molar-refractivity contribution in [2.75, 3.05) is 25.2 Å². The summed E-state index contributed by atoms with van der Waals surface area (Å²) in [4.78, 5) is 11.4. The van der Waals surface area contributed by atoms with Gasteiger partial charge in [0.1, 0.15) is 18.2 Å². The molecule has 4 aromatic rings. The summed E-state index contributed by atoms with van der Waals surface area (Å²) in [5, 5.41) is 4.64. The van der Waals surface area contributed by atoms with Gasteiger partial charge in [-0.05, 0) is 92.6 Å². The largest absolute Gasteiger partial charge is 0.490 e. The van der Waals surface area contributed by atoms with Gasteiger partial charge in [-0.25, -0.2) is 4.98 Å². The van der Waals surface area contributed by atoms with Crippen molar-refractivity contribution in [3.8, 4) is 11.6 Å². The van der Waals surface area contributed by atoms with Gasteiger partial charge in [0.25, 0.3) is 0 Å². The maximum absolute atomic E-state index is 6.66. The zero-order chi connectivity index (χ0) is 26.8. The van der Waals surface area contributed by atoms with Crippen LogP contribution >= 0.6 is 23.8 Å². The van der Waals surface area contributed by atoms with Gasteiger partial charge in [0, 0.05) is 36.6 Å². The number of benzene rings is 1. The molecular weight excluding hydrogens is 518 g/mol. The van der Waals surface area contributed by atoms with Crippen LogP contribution in [0.15, 0.2) is 67.0 Å². The minimum atomic E-state index is -0.168. The van der Waals surface area contributed by atoms with Gasteiger partial charge in [-0.3, -0.25) is 4.98 Å². The fourth-order valence-electron chi connectivity index (χ4n) is 5.02. The topological polar surface area (TPSA) is 64.4 Å². The number of ether oxygens (including phenoxy) is 2. The second kappa shape index (κ2) is 11.1. The summed E-state index contributed by atoms with van der Waals surface area (Å²) >= 11 is 12.6. The molecule has 0 aliphatic carbocycles. The van der Waals surface area contributed by atoms with Gasteiger partial charge in [-0.1, -0.05) is 17.7 Å². The maximum atomic E-state index is 6.66. The summed E-state index contributed by atoms with van der Waals surface area (Å²) < 4.78 is 13.1. The van der Waals surface area contributed by atoms with Gasteiger partial charge < -0.3 is 24.3 Å². The van der Waals surface area contributed by atoms with Gasteiger partial charge in [-0.2, -0.15) is 0 Å². The molecule has 0 amide bonds. The second-order valence-corrected chi connectivity index (χ2v) is 10.1. The highest BCUT2D eigenvalue weighted by Gasteiger charge is 2.42. The van der Waals surface area contributed by atoms with Crippen LogP contribution in [0.4, 0.5) is 5.69 Å². The fraction of sp³-hybridized carbons (Fsp3) is 0.276. The van der Waals surface area contributed by atoms with Crippen molar-refractivity contribution in [3.05, 3.63) is 100 Å². The van der Waals surface area contributed by atoms with Crippen LogP contribution in [0.2, 0.25) is 5.02 Å². The zero-order valence-electron chi connectivity index (χ0n) is 21.8. The molecule has 0 bridgehead atoms. The molecule has 0 saturated carbocycles. The smallest absolute Gasteiger partial charge is 0.174 e. The number of aromatic nitrogens is 3. The molecule has 9 heteroatoms. The average molecular weight is 548 g/mol. The molecule has 1 aromatic carbocycles. The fourth-order valence-corrected chi connectivity index (χ4v) is 5.60. The Morgan fingerprint density at radius 2 is 1.84 bits per heavy atom. The number of methoxy groups -OCH3 is 1. The van der Waals surface area contributed by atoms with Crippen LogP contribution < -0.4 is 15.0 Å². The van der Waals surface area contributed by atoms with Crippen molar-refractivity contribution >= 4 is 34.6 Å². The van der Waals surface area contributed by atoms with Crippen LogP contribution in [0.25, 0.3) is 5.82 Å². The van der Waals surface area contributed by atoms with E-state index in [9.17, 15) is 0 Å². The molecule has 4 heterocycles. The molecule has 0 radical (unpaired) electrons. The summed E-state index contributed by atoms with van der Waals surface area (Å²) in [6.45, 7) is 7.20. The minimum Gasteiger partial charge on any atom is -0.490 e. The molecule has 0 spiro atoms. The van der Waals surface area contributed by atoms with E-state index in [2.05, 4.69) is 57.7 Å². The van der Waals surface area contributed by atoms with E-state index in [1.165, 1.54) is 0 Å². The van der Waals surface area contributed by atoms with Crippen LogP contribution in [0.1, 0.15) is 40.3 Å². The third-order valence-corrected chi connectivity index (χ3v) is 7.37. The van der Waals surface area contributed by atoms with E-state index < -0.39 is 0 Å². The van der Waals surface area contributed by atoms with Crippen molar-refractivity contribution in [3.63, 3.8) is 0 Å². The lowest BCUT2D eigenvalue weighted by molar-refractivity contribution is 0.146. The molecule has 1 saturated heterocycles. The van der Waals surface area contributed by atoms with Crippen molar-refractivity contribution in [1.29, 1.82) is 0 Å². The lowest BCUT2D eigenvalue weighted by Gasteiger charge is -2.28. The Morgan fingerprint density at radius 1 is 1.00 bits per heavy atom. The van der Waals surface area contributed by atoms with Crippen LogP contribution in [0, 0.1) is 20.8 Å². The quantitative estimate of drug-likeness (QED) is 0.213. The maximum Gasteiger partial charge on any atom is 0.174 e. The standard InChI is InChI=1S/C29H30ClN5O2S/c1-18-10-12-32-26(15-18)34-19(2)16-22(20(34)3)28-27(24-7-5-6-11-31-24)33-29(38)35(28)21-8-9-25(23(30)17-21)37-14-13-36-4/h5-12,15-17,27-28H,13-14H2,1-4H3,(H,33,38)/t27-,28-/m0/s1. The van der Waals surface area contributed by atoms with Gasteiger partial charge in [-0.15, -0.1) is 0 Å². The number of nitrogens with one attached hydrogen (secondary N) is 1. The van der Waals surface area contributed by atoms with Crippen molar-refractivity contribution in [1.82, 2.24) is 19.9 Å². The summed E-state index contributed by atoms with van der Waals surface area (Å²) in [6.07, 6.45) is 3.65. The van der Waals surface area contributed by atoms with E-state index in [0.717, 1.165) is 39.7 Å². The Labute approximate surface area is 233 Å². The van der Waals surface area contributed by atoms with E-state index in [1.807, 2.05) is 54.9 Å². The molecule has 1 aliphatic rings. The van der Waals surface area contributed by atoms with E-state index in [-0.39, 0.29) is 12.1 Å². The number of hydrogen-bond acceptors (Lipinski definition) is 5. The predicted octanol–water partition coefficient (Wildman–Crippen LogP) is 6.05. The second-order valence-electron chi connectivity index (χ2n) is 9.31. The highest BCUT2D eigenvalue weighted by Crippen LogP contribution is 2.44. The van der Waals surface area contributed by atoms with Gasteiger partial charge in [0.15, 0.2) is 5.11 Å². The molecule has 0 unspecified atom stereocenters. The van der Waals surface area contributed by atoms with E-state index in [4.69, 9.17) is 33.3 Å². The zero-order valence-corrected chi connectivity index (χ0v) is 23.4. The number of nitrogens with zero attached hydrogens (tertiary/aromatic N) is 4. The number of hydrogen-bond donors (Lipinski definition) is 1. The molecule has 5 rings (SSSR count). The third kappa shape index (κ3) is 4.99. The van der Waals surface area contributed by atoms with Crippen LogP contribution in [0.5, 0.6) is 5.75 Å². The highest BCUT2D eigenvalue weighted by atomic mass is 35.5. The SMILES string of the molecule is COCCOc1ccc(N2C(=S)N[C@@H](c3ccccn3)[C@@H]2c2cc(C)n(-c3cc(C)ccn3)c2C)cc1Cl. The number of rotatable bonds is 8. The lowest BCUT2D eigenvalue weighted by atomic mass is 9.96. The number of aryl methyl sites for hydroxylation is 2. The predicted molar refractivity (Wildman–Crippen MR) is 155 cm³/mol. The first-order chi connectivity index (χ1) is 18.4. The number of thiocarbonyl (C=S) groups is 1.